The van der Waals surface area contributed by atoms with Crippen LogP contribution in [-0.2, 0) is 6.54 Å². The Labute approximate surface area is 132 Å². The Kier molecular flexibility index (Phi) is 5.08. The highest BCUT2D eigenvalue weighted by Crippen LogP contribution is 2.34. The SMILES string of the molecule is CCN(CC)CCn1cnc2c(O)c(Cl)cc(Cl)c2c1=O. The zero-order valence-electron chi connectivity index (χ0n) is 11.9. The van der Waals surface area contributed by atoms with Crippen molar-refractivity contribution in [3.8, 4) is 5.75 Å². The monoisotopic (exact) mass is 329 g/mol. The van der Waals surface area contributed by atoms with Crippen LogP contribution in [0.4, 0.5) is 0 Å². The van der Waals surface area contributed by atoms with Gasteiger partial charge in [0.2, 0.25) is 0 Å². The molecular weight excluding hydrogens is 313 g/mol. The maximum absolute atomic E-state index is 12.5. The minimum absolute atomic E-state index is 0.0836. The van der Waals surface area contributed by atoms with Crippen molar-refractivity contribution in [1.82, 2.24) is 14.5 Å². The van der Waals surface area contributed by atoms with Crippen LogP contribution in [0.25, 0.3) is 10.9 Å². The molecule has 1 aromatic carbocycles. The van der Waals surface area contributed by atoms with Crippen molar-refractivity contribution in [3.05, 3.63) is 32.8 Å². The average Bonchev–Trinajstić information content (AvgIpc) is 2.47. The van der Waals surface area contributed by atoms with E-state index in [4.69, 9.17) is 23.2 Å². The van der Waals surface area contributed by atoms with E-state index in [0.29, 0.717) is 6.54 Å². The highest BCUT2D eigenvalue weighted by atomic mass is 35.5. The van der Waals surface area contributed by atoms with Crippen LogP contribution in [0.15, 0.2) is 17.2 Å². The summed E-state index contributed by atoms with van der Waals surface area (Å²) in [7, 11) is 0. The van der Waals surface area contributed by atoms with Crippen LogP contribution in [-0.4, -0.2) is 39.2 Å². The predicted molar refractivity (Wildman–Crippen MR) is 85.5 cm³/mol. The number of rotatable bonds is 5. The maximum atomic E-state index is 12.5. The molecule has 2 rings (SSSR count). The molecule has 114 valence electrons. The van der Waals surface area contributed by atoms with Crippen LogP contribution < -0.4 is 5.56 Å². The Morgan fingerprint density at radius 3 is 2.57 bits per heavy atom. The topological polar surface area (TPSA) is 58.4 Å². The minimum Gasteiger partial charge on any atom is -0.504 e. The number of fused-ring (bicyclic) bond motifs is 1. The predicted octanol–water partition coefficient (Wildman–Crippen LogP) is 2.75. The molecule has 0 aliphatic rings. The summed E-state index contributed by atoms with van der Waals surface area (Å²) in [5.74, 6) is -0.218. The van der Waals surface area contributed by atoms with Gasteiger partial charge in [-0.3, -0.25) is 9.36 Å². The lowest BCUT2D eigenvalue weighted by Gasteiger charge is -2.18. The summed E-state index contributed by atoms with van der Waals surface area (Å²) >= 11 is 11.9. The first kappa shape index (κ1) is 16.1. The Morgan fingerprint density at radius 2 is 1.95 bits per heavy atom. The molecule has 0 radical (unpaired) electrons. The summed E-state index contributed by atoms with van der Waals surface area (Å²) < 4.78 is 1.50. The second-order valence-corrected chi connectivity index (χ2v) is 5.50. The zero-order valence-corrected chi connectivity index (χ0v) is 13.4. The molecule has 1 heterocycles. The van der Waals surface area contributed by atoms with Crippen molar-refractivity contribution in [1.29, 1.82) is 0 Å². The molecule has 5 nitrogen and oxygen atoms in total. The molecule has 0 saturated heterocycles. The van der Waals surface area contributed by atoms with Gasteiger partial charge in [-0.2, -0.15) is 0 Å². The highest BCUT2D eigenvalue weighted by molar-refractivity contribution is 6.39. The third-order valence-electron chi connectivity index (χ3n) is 3.53. The molecular formula is C14H17Cl2N3O2. The largest absolute Gasteiger partial charge is 0.504 e. The third kappa shape index (κ3) is 3.15. The smallest absolute Gasteiger partial charge is 0.262 e. The van der Waals surface area contributed by atoms with Crippen molar-refractivity contribution >= 4 is 34.1 Å². The Morgan fingerprint density at radius 1 is 1.29 bits per heavy atom. The van der Waals surface area contributed by atoms with E-state index in [1.54, 1.807) is 0 Å². The summed E-state index contributed by atoms with van der Waals surface area (Å²) in [4.78, 5) is 18.8. The van der Waals surface area contributed by atoms with Gasteiger partial charge >= 0.3 is 0 Å². The van der Waals surface area contributed by atoms with Crippen LogP contribution in [0.2, 0.25) is 10.0 Å². The minimum atomic E-state index is -0.274. The van der Waals surface area contributed by atoms with Crippen LogP contribution in [0.1, 0.15) is 13.8 Å². The number of benzene rings is 1. The zero-order chi connectivity index (χ0) is 15.6. The number of aromatic nitrogens is 2. The summed E-state index contributed by atoms with van der Waals surface area (Å²) in [6, 6.07) is 1.36. The van der Waals surface area contributed by atoms with E-state index in [1.807, 2.05) is 0 Å². The molecule has 0 atom stereocenters. The number of aromatic hydroxyl groups is 1. The van der Waals surface area contributed by atoms with Gasteiger partial charge in [-0.05, 0) is 19.2 Å². The number of hydrogen-bond donors (Lipinski definition) is 1. The van der Waals surface area contributed by atoms with Gasteiger partial charge in [0, 0.05) is 13.1 Å². The van der Waals surface area contributed by atoms with Gasteiger partial charge in [0.05, 0.1) is 21.8 Å². The van der Waals surface area contributed by atoms with Gasteiger partial charge in [-0.1, -0.05) is 37.0 Å². The first-order valence-electron chi connectivity index (χ1n) is 6.78. The molecule has 0 spiro atoms. The molecule has 2 aromatic rings. The fourth-order valence-corrected chi connectivity index (χ4v) is 2.73. The van der Waals surface area contributed by atoms with Crippen molar-refractivity contribution in [2.45, 2.75) is 20.4 Å². The van der Waals surface area contributed by atoms with E-state index in [-0.39, 0.29) is 32.3 Å². The maximum Gasteiger partial charge on any atom is 0.262 e. The summed E-state index contributed by atoms with van der Waals surface area (Å²) in [6.07, 6.45) is 1.42. The number of phenols is 1. The third-order valence-corrected chi connectivity index (χ3v) is 4.12. The number of nitrogens with zero attached hydrogens (tertiary/aromatic N) is 3. The highest BCUT2D eigenvalue weighted by Gasteiger charge is 2.15. The Hall–Kier alpha value is -1.30. The molecule has 1 N–H and O–H groups in total. The first-order valence-corrected chi connectivity index (χ1v) is 7.53. The average molecular weight is 330 g/mol. The lowest BCUT2D eigenvalue weighted by Crippen LogP contribution is -2.31. The van der Waals surface area contributed by atoms with Gasteiger partial charge in [0.15, 0.2) is 5.75 Å². The van der Waals surface area contributed by atoms with Crippen LogP contribution in [0.3, 0.4) is 0 Å². The summed E-state index contributed by atoms with van der Waals surface area (Å²) in [6.45, 7) is 7.25. The van der Waals surface area contributed by atoms with Crippen molar-refractivity contribution in [2.75, 3.05) is 19.6 Å². The first-order chi connectivity index (χ1) is 9.99. The molecule has 0 bridgehead atoms. The molecule has 0 aliphatic heterocycles. The van der Waals surface area contributed by atoms with Crippen LogP contribution >= 0.6 is 23.2 Å². The van der Waals surface area contributed by atoms with Crippen LogP contribution in [0, 0.1) is 0 Å². The van der Waals surface area contributed by atoms with E-state index in [2.05, 4.69) is 23.7 Å². The molecule has 0 saturated carbocycles. The standard InChI is InChI=1S/C14H17Cl2N3O2/c1-3-18(4-2)5-6-19-8-17-12-11(14(19)21)9(15)7-10(16)13(12)20/h7-8,20H,3-6H2,1-2H3. The lowest BCUT2D eigenvalue weighted by molar-refractivity contribution is 0.289. The molecule has 0 aliphatic carbocycles. The summed E-state index contributed by atoms with van der Waals surface area (Å²) in [5.41, 5.74) is -0.138. The van der Waals surface area contributed by atoms with Crippen LogP contribution in [0.5, 0.6) is 5.75 Å². The number of halogens is 2. The second-order valence-electron chi connectivity index (χ2n) is 4.68. The van der Waals surface area contributed by atoms with Crippen molar-refractivity contribution in [3.63, 3.8) is 0 Å². The quantitative estimate of drug-likeness (QED) is 0.916. The number of hydrogen-bond acceptors (Lipinski definition) is 4. The molecule has 0 fully saturated rings. The second kappa shape index (κ2) is 6.64. The molecule has 21 heavy (non-hydrogen) atoms. The van der Waals surface area contributed by atoms with E-state index in [9.17, 15) is 9.90 Å². The van der Waals surface area contributed by atoms with Gasteiger partial charge in [0.25, 0.3) is 5.56 Å². The van der Waals surface area contributed by atoms with Crippen molar-refractivity contribution in [2.24, 2.45) is 0 Å². The molecule has 0 unspecified atom stereocenters. The number of phenolic OH excluding ortho intramolecular Hbond substituents is 1. The molecule has 0 amide bonds. The molecule has 7 heteroatoms. The van der Waals surface area contributed by atoms with E-state index in [1.165, 1.54) is 17.0 Å². The Bertz CT molecular complexity index is 711. The van der Waals surface area contributed by atoms with E-state index in [0.717, 1.165) is 19.6 Å². The van der Waals surface area contributed by atoms with E-state index < -0.39 is 0 Å². The number of likely N-dealkylation sites (N-methyl/N-ethyl adjacent to an activating group) is 1. The van der Waals surface area contributed by atoms with E-state index >= 15 is 0 Å². The normalized spacial score (nSPS) is 11.5. The fourth-order valence-electron chi connectivity index (χ4n) is 2.20. The summed E-state index contributed by atoms with van der Waals surface area (Å²) in [5, 5.41) is 10.4. The van der Waals surface area contributed by atoms with Crippen molar-refractivity contribution < 1.29 is 5.11 Å². The van der Waals surface area contributed by atoms with Gasteiger partial charge < -0.3 is 10.0 Å². The lowest BCUT2D eigenvalue weighted by atomic mass is 10.2. The van der Waals surface area contributed by atoms with Gasteiger partial charge in [0.1, 0.15) is 5.52 Å². The Balaban J connectivity index is 2.45. The van der Waals surface area contributed by atoms with Gasteiger partial charge in [-0.25, -0.2) is 4.98 Å². The molecule has 1 aromatic heterocycles. The van der Waals surface area contributed by atoms with Gasteiger partial charge in [-0.15, -0.1) is 0 Å². The fraction of sp³-hybridized carbons (Fsp3) is 0.429.